The molecule has 0 atom stereocenters. The average molecular weight is 817 g/mol. The van der Waals surface area contributed by atoms with Crippen molar-refractivity contribution in [2.75, 3.05) is 0 Å². The topological polar surface area (TPSA) is 63.6 Å². The molecular formula is C46H37IN6O+2. The van der Waals surface area contributed by atoms with Crippen molar-refractivity contribution in [3.05, 3.63) is 209 Å². The third kappa shape index (κ3) is 6.14. The minimum atomic E-state index is 0. The van der Waals surface area contributed by atoms with Gasteiger partial charge < -0.3 is 5.11 Å². The first kappa shape index (κ1) is 34.7. The Morgan fingerprint density at radius 1 is 0.481 bits per heavy atom. The zero-order chi connectivity index (χ0) is 35.9. The highest BCUT2D eigenvalue weighted by Crippen LogP contribution is 2.37. The lowest BCUT2D eigenvalue weighted by atomic mass is 10.1. The molecule has 0 bridgehead atoms. The number of aromatic hydroxyl groups is 1. The Morgan fingerprint density at radius 3 is 1.31 bits per heavy atom. The molecule has 0 unspecified atom stereocenters. The highest BCUT2D eigenvalue weighted by Gasteiger charge is 2.40. The number of pyridine rings is 2. The van der Waals surface area contributed by atoms with Crippen LogP contribution >= 0.6 is 24.0 Å². The summed E-state index contributed by atoms with van der Waals surface area (Å²) in [6, 6.07) is 50.8. The van der Waals surface area contributed by atoms with Gasteiger partial charge in [0.05, 0.1) is 22.5 Å². The van der Waals surface area contributed by atoms with Crippen LogP contribution in [0.2, 0.25) is 0 Å². The minimum Gasteiger partial charge on any atom is -0.508 e. The maximum absolute atomic E-state index is 9.59. The van der Waals surface area contributed by atoms with E-state index in [2.05, 4.69) is 136 Å². The van der Waals surface area contributed by atoms with Crippen LogP contribution in [0, 0.1) is 13.8 Å². The van der Waals surface area contributed by atoms with Gasteiger partial charge in [-0.2, -0.15) is 19.3 Å². The van der Waals surface area contributed by atoms with E-state index in [0.717, 1.165) is 62.4 Å². The lowest BCUT2D eigenvalue weighted by molar-refractivity contribution is -0.594. The van der Waals surface area contributed by atoms with Gasteiger partial charge in [-0.05, 0) is 85.7 Å². The van der Waals surface area contributed by atoms with E-state index >= 15 is 0 Å². The summed E-state index contributed by atoms with van der Waals surface area (Å²) in [5.74, 6) is 0.268. The molecule has 8 aromatic rings. The van der Waals surface area contributed by atoms with E-state index in [9.17, 15) is 5.11 Å². The molecule has 10 rings (SSSR count). The van der Waals surface area contributed by atoms with Crippen LogP contribution in [-0.2, 0) is 0 Å². The van der Waals surface area contributed by atoms with Gasteiger partial charge in [-0.1, -0.05) is 78.9 Å². The predicted octanol–water partition coefficient (Wildman–Crippen LogP) is 9.04. The first-order valence-corrected chi connectivity index (χ1v) is 17.7. The van der Waals surface area contributed by atoms with E-state index in [1.165, 1.54) is 16.8 Å². The van der Waals surface area contributed by atoms with Crippen molar-refractivity contribution >= 4 is 47.3 Å². The second-order valence-corrected chi connectivity index (χ2v) is 13.1. The van der Waals surface area contributed by atoms with Crippen molar-refractivity contribution in [3.63, 3.8) is 0 Å². The fourth-order valence-electron chi connectivity index (χ4n) is 7.31. The van der Waals surface area contributed by atoms with E-state index in [1.54, 1.807) is 12.1 Å². The van der Waals surface area contributed by atoms with Crippen LogP contribution in [0.1, 0.15) is 45.3 Å². The lowest BCUT2D eigenvalue weighted by Crippen LogP contribution is -2.31. The van der Waals surface area contributed by atoms with Crippen molar-refractivity contribution in [3.8, 4) is 28.5 Å². The second-order valence-electron chi connectivity index (χ2n) is 13.1. The van der Waals surface area contributed by atoms with Crippen LogP contribution in [0.3, 0.4) is 0 Å². The summed E-state index contributed by atoms with van der Waals surface area (Å²) >= 11 is 0. The molecule has 0 saturated carbocycles. The number of para-hydroxylation sites is 2. The summed E-state index contributed by atoms with van der Waals surface area (Å²) in [6.45, 7) is 4.12. The number of hydrogen-bond acceptors (Lipinski definition) is 3. The predicted molar refractivity (Wildman–Crippen MR) is 224 cm³/mol. The van der Waals surface area contributed by atoms with Crippen LogP contribution in [0.15, 0.2) is 164 Å². The molecule has 4 aromatic heterocycles. The molecule has 54 heavy (non-hydrogen) atoms. The van der Waals surface area contributed by atoms with Crippen LogP contribution in [0.4, 0.5) is 0 Å². The molecule has 8 heteroatoms. The minimum absolute atomic E-state index is 0. The van der Waals surface area contributed by atoms with Crippen LogP contribution in [-0.4, -0.2) is 24.7 Å². The van der Waals surface area contributed by atoms with E-state index in [4.69, 9.17) is 10.2 Å². The molecule has 0 amide bonds. The van der Waals surface area contributed by atoms with E-state index in [-0.39, 0.29) is 29.7 Å². The number of phenolic OH excluding ortho intramolecular Hbond substituents is 1. The van der Waals surface area contributed by atoms with Crippen molar-refractivity contribution < 1.29 is 14.2 Å². The molecule has 2 aliphatic heterocycles. The molecule has 4 aromatic carbocycles. The summed E-state index contributed by atoms with van der Waals surface area (Å²) in [4.78, 5) is 0. The number of rotatable bonds is 4. The van der Waals surface area contributed by atoms with E-state index in [1.807, 2.05) is 60.1 Å². The maximum atomic E-state index is 9.59. The molecule has 0 saturated heterocycles. The van der Waals surface area contributed by atoms with Gasteiger partial charge in [0.1, 0.15) is 17.1 Å². The summed E-state index contributed by atoms with van der Waals surface area (Å²) in [7, 11) is 0. The molecule has 0 fully saturated rings. The summed E-state index contributed by atoms with van der Waals surface area (Å²) < 4.78 is 8.52. The quantitative estimate of drug-likeness (QED) is 0.143. The number of benzene rings is 4. The SMILES string of the molecule is Cc1nn(-c2ccccc2)c2c1-[n+]1ccccc1C2=Cc1ccc(O)cc1.Cc1nn(-c2ccccc2)c2c1-[n+]1ccccc1C2=Cc1ccccc1.I. The van der Waals surface area contributed by atoms with Crippen LogP contribution in [0.25, 0.3) is 46.0 Å². The van der Waals surface area contributed by atoms with Gasteiger partial charge in [0.25, 0.3) is 11.4 Å². The smallest absolute Gasteiger partial charge is 0.261 e. The number of hydrogen-bond donors (Lipinski definition) is 1. The lowest BCUT2D eigenvalue weighted by Gasteiger charge is -2.05. The van der Waals surface area contributed by atoms with Gasteiger partial charge >= 0.3 is 0 Å². The summed E-state index contributed by atoms with van der Waals surface area (Å²) in [5, 5.41) is 19.3. The first-order chi connectivity index (χ1) is 26.0. The van der Waals surface area contributed by atoms with Crippen LogP contribution in [0.5, 0.6) is 5.75 Å². The fourth-order valence-corrected chi connectivity index (χ4v) is 7.31. The monoisotopic (exact) mass is 816 g/mol. The van der Waals surface area contributed by atoms with E-state index in [0.29, 0.717) is 0 Å². The Kier molecular flexibility index (Phi) is 9.35. The van der Waals surface area contributed by atoms with E-state index < -0.39 is 0 Å². The average Bonchev–Trinajstić information content (AvgIpc) is 3.93. The van der Waals surface area contributed by atoms with Gasteiger partial charge in [-0.15, -0.1) is 24.0 Å². The summed E-state index contributed by atoms with van der Waals surface area (Å²) in [6.07, 6.45) is 8.59. The molecule has 2 aliphatic rings. The number of fused-ring (bicyclic) bond motifs is 6. The highest BCUT2D eigenvalue weighted by atomic mass is 127. The number of aryl methyl sites for hydroxylation is 2. The molecule has 0 aliphatic carbocycles. The van der Waals surface area contributed by atoms with Gasteiger partial charge in [0.15, 0.2) is 23.8 Å². The Morgan fingerprint density at radius 2 is 0.870 bits per heavy atom. The maximum Gasteiger partial charge on any atom is 0.261 e. The normalized spacial score (nSPS) is 13.4. The third-order valence-electron chi connectivity index (χ3n) is 9.64. The Bertz CT molecular complexity index is 2680. The summed E-state index contributed by atoms with van der Waals surface area (Å²) in [5.41, 5.74) is 15.5. The van der Waals surface area contributed by atoms with Crippen molar-refractivity contribution in [1.82, 2.24) is 19.6 Å². The van der Waals surface area contributed by atoms with Crippen molar-refractivity contribution in [2.24, 2.45) is 0 Å². The van der Waals surface area contributed by atoms with Gasteiger partial charge in [-0.3, -0.25) is 0 Å². The standard InChI is InChI=1S/C23H17N3O.C23H18N3.HI/c1-16-22-23(26(24-16)18-7-3-2-4-8-18)20(21-9-5-6-14-25(21)22)15-17-10-12-19(27)13-11-17;1-17-22-23(26(24-17)19-12-6-3-7-13-19)20(16-18-10-4-2-5-11-18)21-14-8-9-15-25(21)22;/h2-15H,1H3;2-16H,1H3;1H/q;+1;/p+1. The van der Waals surface area contributed by atoms with Gasteiger partial charge in [-0.25, -0.2) is 9.36 Å². The molecule has 6 heterocycles. The zero-order valence-corrected chi connectivity index (χ0v) is 32.1. The van der Waals surface area contributed by atoms with Gasteiger partial charge in [0.2, 0.25) is 11.4 Å². The number of nitrogens with zero attached hydrogens (tertiary/aromatic N) is 6. The second kappa shape index (κ2) is 14.6. The molecule has 1 N–H and O–H groups in total. The third-order valence-corrected chi connectivity index (χ3v) is 9.64. The van der Waals surface area contributed by atoms with Crippen LogP contribution < -0.4 is 9.13 Å². The molecule has 0 radical (unpaired) electrons. The highest BCUT2D eigenvalue weighted by molar-refractivity contribution is 14.0. The van der Waals surface area contributed by atoms with Crippen molar-refractivity contribution in [2.45, 2.75) is 13.8 Å². The number of halogens is 1. The Balaban J connectivity index is 0.000000150. The number of aromatic nitrogens is 6. The largest absolute Gasteiger partial charge is 0.508 e. The first-order valence-electron chi connectivity index (χ1n) is 17.7. The zero-order valence-electron chi connectivity index (χ0n) is 29.8. The Labute approximate surface area is 331 Å². The Hall–Kier alpha value is -6.39. The van der Waals surface area contributed by atoms with Crippen molar-refractivity contribution in [1.29, 1.82) is 0 Å². The molecular weight excluding hydrogens is 779 g/mol. The number of phenols is 1. The van der Waals surface area contributed by atoms with Gasteiger partial charge in [0, 0.05) is 24.3 Å². The molecule has 262 valence electrons. The fraction of sp³-hybridized carbons (Fsp3) is 0.0435. The molecule has 0 spiro atoms. The molecule has 7 nitrogen and oxygen atoms in total.